The average Bonchev–Trinajstić information content (AvgIpc) is 0.834. The van der Waals surface area contributed by atoms with Crippen molar-refractivity contribution in [2.45, 2.75) is 582 Å². The van der Waals surface area contributed by atoms with Crippen molar-refractivity contribution in [3.8, 4) is 0 Å². The van der Waals surface area contributed by atoms with Gasteiger partial charge in [0.25, 0.3) is 0 Å². The summed E-state index contributed by atoms with van der Waals surface area (Å²) in [5.41, 5.74) is 12.9. The topological polar surface area (TPSA) is 0 Å². The number of hydrogen-bond donors (Lipinski definition) is 0. The van der Waals surface area contributed by atoms with Crippen LogP contribution in [0.4, 0.5) is 0 Å². The Kier molecular flexibility index (Phi) is 48.5. The highest BCUT2D eigenvalue weighted by atomic mass is 14.5. The Morgan fingerprint density at radius 3 is 0.500 bits per heavy atom. The van der Waals surface area contributed by atoms with Crippen LogP contribution in [0.3, 0.4) is 0 Å². The SMILES string of the molecule is CCCC1CCC(C(C)C2CCC(C(C)c3ccc(C4CCC(CC)CC4)cc3)CC2)CC1.CCCC1CCC(c2ccc(C(C)C3CCC(C(C)C4CCC(CCC)CC4)CC3)cc2)CC1.CCCCC1CCC(c2ccc(C(C)C3CCC(C(C)C4CCC(CCC)CC4)CC3)cc2)CC1.CCCCCC1CCC(c2ccc(C(C)C3CCC(C(C)C4CCC(CCC)CC4)CC3)cc2)CC1. The lowest BCUT2D eigenvalue weighted by atomic mass is 9.65. The number of benzene rings is 4. The monoisotopic (exact) mass is 1890 g/mol. The van der Waals surface area contributed by atoms with Crippen LogP contribution in [0.5, 0.6) is 0 Å². The third kappa shape index (κ3) is 33.4. The maximum Gasteiger partial charge on any atom is -0.0162 e. The molecule has 12 saturated carbocycles. The second kappa shape index (κ2) is 59.8. The maximum absolute atomic E-state index is 2.62. The Balaban J connectivity index is 0.000000155. The summed E-state index contributed by atoms with van der Waals surface area (Å²) in [6.45, 7) is 39.4. The quantitative estimate of drug-likeness (QED) is 0.0392. The smallest absolute Gasteiger partial charge is 0.0162 e. The van der Waals surface area contributed by atoms with E-state index in [1.54, 1.807) is 44.5 Å². The molecule has 0 bridgehead atoms. The molecule has 4 aromatic carbocycles. The third-order valence-corrected chi connectivity index (χ3v) is 45.0. The highest BCUT2D eigenvalue weighted by Gasteiger charge is 2.41. The summed E-state index contributed by atoms with van der Waals surface area (Å²) in [4.78, 5) is 0. The molecule has 12 fully saturated rings. The fourth-order valence-corrected chi connectivity index (χ4v) is 34.1. The van der Waals surface area contributed by atoms with E-state index >= 15 is 0 Å². The summed E-state index contributed by atoms with van der Waals surface area (Å²) in [6.07, 6.45) is 96.6. The predicted molar refractivity (Wildman–Crippen MR) is 607 cm³/mol. The van der Waals surface area contributed by atoms with Gasteiger partial charge < -0.3 is 0 Å². The summed E-state index contributed by atoms with van der Waals surface area (Å²) < 4.78 is 0. The first kappa shape index (κ1) is 112. The van der Waals surface area contributed by atoms with E-state index in [9.17, 15) is 0 Å². The van der Waals surface area contributed by atoms with Crippen molar-refractivity contribution in [2.75, 3.05) is 0 Å². The van der Waals surface area contributed by atoms with Crippen LogP contribution >= 0.6 is 0 Å². The van der Waals surface area contributed by atoms with Crippen LogP contribution in [-0.4, -0.2) is 0 Å². The zero-order valence-corrected chi connectivity index (χ0v) is 94.4. The van der Waals surface area contributed by atoms with Crippen molar-refractivity contribution in [3.05, 3.63) is 142 Å². The average molecular weight is 1890 g/mol. The lowest BCUT2D eigenvalue weighted by molar-refractivity contribution is 0.118. The third-order valence-electron chi connectivity index (χ3n) is 45.0. The molecule has 0 aromatic heterocycles. The predicted octanol–water partition coefficient (Wildman–Crippen LogP) is 44.4. The Labute approximate surface area is 859 Å². The van der Waals surface area contributed by atoms with Gasteiger partial charge in [-0.15, -0.1) is 0 Å². The van der Waals surface area contributed by atoms with Crippen molar-refractivity contribution < 1.29 is 0 Å². The molecule has 8 unspecified atom stereocenters. The van der Waals surface area contributed by atoms with Crippen LogP contribution in [0.25, 0.3) is 0 Å². The minimum atomic E-state index is 0.731. The molecule has 16 rings (SSSR count). The summed E-state index contributed by atoms with van der Waals surface area (Å²) in [7, 11) is 0. The van der Waals surface area contributed by atoms with E-state index < -0.39 is 0 Å². The molecule has 780 valence electrons. The van der Waals surface area contributed by atoms with E-state index in [-0.39, 0.29) is 0 Å². The lowest BCUT2D eigenvalue weighted by Gasteiger charge is -2.40. The molecule has 0 aliphatic heterocycles. The van der Waals surface area contributed by atoms with Gasteiger partial charge in [-0.25, -0.2) is 0 Å². The maximum atomic E-state index is 2.62. The molecule has 138 heavy (non-hydrogen) atoms. The molecule has 0 amide bonds. The zero-order valence-electron chi connectivity index (χ0n) is 94.4. The Hall–Kier alpha value is -3.12. The van der Waals surface area contributed by atoms with E-state index in [4.69, 9.17) is 0 Å². The van der Waals surface area contributed by atoms with Gasteiger partial charge in [0, 0.05) is 0 Å². The highest BCUT2D eigenvalue weighted by molar-refractivity contribution is 5.32. The molecule has 4 aromatic rings. The van der Waals surface area contributed by atoms with Crippen LogP contribution < -0.4 is 0 Å². The first-order valence-corrected chi connectivity index (χ1v) is 63.7. The van der Waals surface area contributed by atoms with E-state index in [0.29, 0.717) is 0 Å². The number of hydrogen-bond acceptors (Lipinski definition) is 0. The number of rotatable bonds is 38. The van der Waals surface area contributed by atoms with Gasteiger partial charge in [0.1, 0.15) is 0 Å². The second-order valence-corrected chi connectivity index (χ2v) is 52.9. The molecule has 0 spiro atoms. The van der Waals surface area contributed by atoms with Crippen molar-refractivity contribution in [1.82, 2.24) is 0 Å². The van der Waals surface area contributed by atoms with Gasteiger partial charge >= 0.3 is 0 Å². The summed E-state index contributed by atoms with van der Waals surface area (Å²) in [5.74, 6) is 30.0. The Morgan fingerprint density at radius 1 is 0.159 bits per heavy atom. The fourth-order valence-electron chi connectivity index (χ4n) is 34.1. The summed E-state index contributed by atoms with van der Waals surface area (Å²) in [5, 5.41) is 0. The van der Waals surface area contributed by atoms with Crippen molar-refractivity contribution >= 4 is 0 Å². The van der Waals surface area contributed by atoms with Gasteiger partial charge in [-0.1, -0.05) is 375 Å². The van der Waals surface area contributed by atoms with Crippen LogP contribution in [0.1, 0.15) is 626 Å². The molecule has 0 nitrogen and oxygen atoms in total. The first-order chi connectivity index (χ1) is 67.3. The molecular weight excluding hydrogens is 1660 g/mol. The van der Waals surface area contributed by atoms with Crippen LogP contribution in [0.15, 0.2) is 97.1 Å². The molecule has 0 radical (unpaired) electrons. The van der Waals surface area contributed by atoms with Gasteiger partial charge in [-0.3, -0.25) is 0 Å². The summed E-state index contributed by atoms with van der Waals surface area (Å²) in [6, 6.07) is 40.0. The zero-order chi connectivity index (χ0) is 97.1. The van der Waals surface area contributed by atoms with Gasteiger partial charge in [0.2, 0.25) is 0 Å². The minimum absolute atomic E-state index is 0.731. The molecule has 0 saturated heterocycles. The van der Waals surface area contributed by atoms with E-state index in [2.05, 4.69) is 208 Å². The minimum Gasteiger partial charge on any atom is -0.0654 e. The summed E-state index contributed by atoms with van der Waals surface area (Å²) >= 11 is 0. The van der Waals surface area contributed by atoms with Crippen LogP contribution in [0.2, 0.25) is 0 Å². The molecule has 0 N–H and O–H groups in total. The molecule has 0 heteroatoms. The first-order valence-electron chi connectivity index (χ1n) is 63.7. The standard InChI is InChI=1S/C36H60.C35H58.C34H56.C33H54/c1-5-7-8-10-30-13-17-35(18-14-30)36-25-23-34(24-26-36)28(4)33-21-19-32(20-22-33)27(3)31-15-11-29(9-6-2)12-16-31;1-5-7-9-29-12-16-34(17-13-29)35-24-22-33(23-25-35)27(4)32-20-18-31(19-21-32)26(3)30-14-10-28(8-6-2)11-15-30;1-5-7-27-9-13-29(14-10-27)25(3)30-17-19-31(20-18-30)26(4)32-21-23-34(24-22-32)33-15-11-28(8-6-2)12-16-33;1-5-7-27-10-12-28(13-11-27)24(3)29-16-18-30(19-17-29)25(4)31-20-22-33(23-21-31)32-14-8-26(6-2)9-15-32/h23-33,35H,5-22H2,1-4H3;22-32,34H,5-21H2,1-4H3;21-31,33H,5-20H2,1-4H3;20-30,32H,5-19H2,1-4H3. The van der Waals surface area contributed by atoms with E-state index in [0.717, 1.165) is 189 Å². The van der Waals surface area contributed by atoms with E-state index in [1.165, 1.54) is 424 Å². The van der Waals surface area contributed by atoms with Crippen molar-refractivity contribution in [2.24, 2.45) is 142 Å². The normalized spacial score (nSPS) is 34.1. The van der Waals surface area contributed by atoms with Gasteiger partial charge in [0.05, 0.1) is 0 Å². The van der Waals surface area contributed by atoms with E-state index in [1.807, 2.05) is 0 Å². The highest BCUT2D eigenvalue weighted by Crippen LogP contribution is 2.54. The Morgan fingerprint density at radius 2 is 0.319 bits per heavy atom. The van der Waals surface area contributed by atoms with Crippen molar-refractivity contribution in [3.63, 3.8) is 0 Å². The molecule has 0 heterocycles. The van der Waals surface area contributed by atoms with Crippen LogP contribution in [-0.2, 0) is 0 Å². The Bertz CT molecular complexity index is 3730. The van der Waals surface area contributed by atoms with Crippen LogP contribution in [0, 0.1) is 142 Å². The molecule has 12 aliphatic carbocycles. The number of unbranched alkanes of at least 4 members (excludes halogenated alkanes) is 3. The fraction of sp³-hybridized carbons (Fsp3) is 0.826. The van der Waals surface area contributed by atoms with Gasteiger partial charge in [-0.05, 0) is 491 Å². The largest absolute Gasteiger partial charge is 0.0654 e. The molecular formula is C138H228. The van der Waals surface area contributed by atoms with Gasteiger partial charge in [0.15, 0.2) is 0 Å². The molecule has 8 atom stereocenters. The lowest BCUT2D eigenvalue weighted by Crippen LogP contribution is -2.29. The molecule has 12 aliphatic rings. The second-order valence-electron chi connectivity index (χ2n) is 52.9. The van der Waals surface area contributed by atoms with Gasteiger partial charge in [-0.2, -0.15) is 0 Å². The van der Waals surface area contributed by atoms with Crippen molar-refractivity contribution in [1.29, 1.82) is 0 Å².